The van der Waals surface area contributed by atoms with Crippen molar-refractivity contribution in [2.24, 2.45) is 0 Å². The Balaban J connectivity index is 5.18. The van der Waals surface area contributed by atoms with E-state index >= 15 is 0 Å². The van der Waals surface area contributed by atoms with Crippen molar-refractivity contribution in [1.82, 2.24) is 0 Å². The predicted octanol–water partition coefficient (Wildman–Crippen LogP) is 3.14. The van der Waals surface area contributed by atoms with Gasteiger partial charge in [-0.05, 0) is 29.0 Å². The molecule has 0 atom stereocenters. The molecule has 0 heterocycles. The van der Waals surface area contributed by atoms with Crippen molar-refractivity contribution in [2.45, 2.75) is 65.1 Å². The second kappa shape index (κ2) is 7.48. The Morgan fingerprint density at radius 2 is 1.50 bits per heavy atom. The molecule has 0 fully saturated rings. The van der Waals surface area contributed by atoms with Crippen LogP contribution in [0.3, 0.4) is 0 Å². The van der Waals surface area contributed by atoms with Gasteiger partial charge in [-0.2, -0.15) is 0 Å². The molecule has 0 radical (unpaired) electrons. The van der Waals surface area contributed by atoms with E-state index in [1.54, 1.807) is 13.0 Å². The lowest BCUT2D eigenvalue weighted by molar-refractivity contribution is 0.340. The SMILES string of the molecule is C/C(=C\CO)B(O)O[Si](C(C)C)(C(C)C)C(C)C. The van der Waals surface area contributed by atoms with Crippen LogP contribution in [0.15, 0.2) is 11.5 Å². The van der Waals surface area contributed by atoms with E-state index in [1.807, 2.05) is 0 Å². The van der Waals surface area contributed by atoms with Crippen molar-refractivity contribution in [2.75, 3.05) is 6.61 Å². The van der Waals surface area contributed by atoms with Gasteiger partial charge in [0.05, 0.1) is 6.61 Å². The Morgan fingerprint density at radius 3 is 1.78 bits per heavy atom. The van der Waals surface area contributed by atoms with Gasteiger partial charge in [0.25, 0.3) is 0 Å². The standard InChI is InChI=1S/C13H29BO3Si/c1-10(2)18(11(3)4,12(5)6)17-14(16)13(7)8-9-15/h8,10-12,15-16H,9H2,1-7H3/b13-8+. The molecule has 106 valence electrons. The van der Waals surface area contributed by atoms with Gasteiger partial charge in [-0.3, -0.25) is 0 Å². The third-order valence-electron chi connectivity index (χ3n) is 3.83. The molecule has 0 rings (SSSR count). The maximum absolute atomic E-state index is 10.2. The maximum atomic E-state index is 10.2. The summed E-state index contributed by atoms with van der Waals surface area (Å²) in [6, 6.07) is 0. The minimum absolute atomic E-state index is 0.0636. The fraction of sp³-hybridized carbons (Fsp3) is 0.846. The Labute approximate surface area is 114 Å². The third kappa shape index (κ3) is 3.95. The summed E-state index contributed by atoms with van der Waals surface area (Å²) in [5.74, 6) is 0. The van der Waals surface area contributed by atoms with E-state index in [2.05, 4.69) is 41.5 Å². The zero-order valence-corrected chi connectivity index (χ0v) is 13.9. The van der Waals surface area contributed by atoms with Crippen molar-refractivity contribution in [1.29, 1.82) is 0 Å². The molecule has 0 amide bonds. The number of aliphatic hydroxyl groups excluding tert-OH is 1. The summed E-state index contributed by atoms with van der Waals surface area (Å²) in [4.78, 5) is 0. The monoisotopic (exact) mass is 272 g/mol. The van der Waals surface area contributed by atoms with Crippen molar-refractivity contribution in [3.8, 4) is 0 Å². The first-order valence-electron chi connectivity index (χ1n) is 6.83. The summed E-state index contributed by atoms with van der Waals surface area (Å²) < 4.78 is 6.15. The van der Waals surface area contributed by atoms with E-state index in [1.165, 1.54) is 0 Å². The van der Waals surface area contributed by atoms with Gasteiger partial charge >= 0.3 is 7.12 Å². The van der Waals surface area contributed by atoms with Gasteiger partial charge < -0.3 is 14.5 Å². The lowest BCUT2D eigenvalue weighted by Crippen LogP contribution is -2.51. The van der Waals surface area contributed by atoms with Gasteiger partial charge in [0.15, 0.2) is 8.32 Å². The quantitative estimate of drug-likeness (QED) is 0.700. The zero-order valence-electron chi connectivity index (χ0n) is 12.9. The highest BCUT2D eigenvalue weighted by Crippen LogP contribution is 2.42. The molecule has 0 aromatic carbocycles. The van der Waals surface area contributed by atoms with Gasteiger partial charge in [-0.1, -0.05) is 47.6 Å². The van der Waals surface area contributed by atoms with Crippen LogP contribution in [0.25, 0.3) is 0 Å². The lowest BCUT2D eigenvalue weighted by Gasteiger charge is -2.43. The number of hydrogen-bond acceptors (Lipinski definition) is 3. The van der Waals surface area contributed by atoms with Crippen LogP contribution in [0.4, 0.5) is 0 Å². The fourth-order valence-electron chi connectivity index (χ4n) is 2.94. The summed E-state index contributed by atoms with van der Waals surface area (Å²) >= 11 is 0. The molecule has 0 aliphatic carbocycles. The van der Waals surface area contributed by atoms with Gasteiger partial charge in [0, 0.05) is 0 Å². The van der Waals surface area contributed by atoms with Gasteiger partial charge in [0.2, 0.25) is 0 Å². The van der Waals surface area contributed by atoms with E-state index in [0.717, 1.165) is 0 Å². The molecule has 0 spiro atoms. The van der Waals surface area contributed by atoms with E-state index in [4.69, 9.17) is 9.45 Å². The van der Waals surface area contributed by atoms with Crippen LogP contribution in [0.2, 0.25) is 16.6 Å². The summed E-state index contributed by atoms with van der Waals surface area (Å²) in [5, 5.41) is 19.0. The summed E-state index contributed by atoms with van der Waals surface area (Å²) in [6.07, 6.45) is 1.60. The molecule has 0 aliphatic heterocycles. The zero-order chi connectivity index (χ0) is 14.5. The summed E-state index contributed by atoms with van der Waals surface area (Å²) in [6.45, 7) is 14.8. The van der Waals surface area contributed by atoms with Crippen LogP contribution >= 0.6 is 0 Å². The van der Waals surface area contributed by atoms with Crippen molar-refractivity contribution in [3.05, 3.63) is 11.5 Å². The molecule has 0 bridgehead atoms. The van der Waals surface area contributed by atoms with Gasteiger partial charge in [0.1, 0.15) is 0 Å². The van der Waals surface area contributed by atoms with Crippen molar-refractivity contribution >= 4 is 15.4 Å². The minimum atomic E-state index is -2.05. The average molecular weight is 272 g/mol. The molecule has 2 N–H and O–H groups in total. The Morgan fingerprint density at radius 1 is 1.11 bits per heavy atom. The van der Waals surface area contributed by atoms with Gasteiger partial charge in [-0.15, -0.1) is 0 Å². The lowest BCUT2D eigenvalue weighted by atomic mass is 9.80. The van der Waals surface area contributed by atoms with E-state index in [-0.39, 0.29) is 6.61 Å². The summed E-state index contributed by atoms with van der Waals surface area (Å²) in [7, 11) is -2.95. The van der Waals surface area contributed by atoms with Gasteiger partial charge in [-0.25, -0.2) is 0 Å². The average Bonchev–Trinajstić information content (AvgIpc) is 2.24. The fourth-order valence-corrected chi connectivity index (χ4v) is 8.33. The number of rotatable bonds is 7. The first kappa shape index (κ1) is 17.9. The highest BCUT2D eigenvalue weighted by Gasteiger charge is 2.47. The first-order chi connectivity index (χ1) is 8.20. The van der Waals surface area contributed by atoms with Crippen LogP contribution in [-0.2, 0) is 4.34 Å². The summed E-state index contributed by atoms with van der Waals surface area (Å²) in [5.41, 5.74) is 2.01. The molecule has 0 aliphatic rings. The molecule has 18 heavy (non-hydrogen) atoms. The van der Waals surface area contributed by atoms with Crippen LogP contribution in [0.1, 0.15) is 48.5 Å². The maximum Gasteiger partial charge on any atom is 0.475 e. The highest BCUT2D eigenvalue weighted by atomic mass is 28.4. The second-order valence-corrected chi connectivity index (χ2v) is 11.3. The topological polar surface area (TPSA) is 49.7 Å². The number of hydrogen-bond donors (Lipinski definition) is 2. The Hall–Kier alpha value is -0.0982. The molecule has 0 saturated carbocycles. The van der Waals surface area contributed by atoms with Crippen LogP contribution in [0.5, 0.6) is 0 Å². The molecule has 3 nitrogen and oxygen atoms in total. The predicted molar refractivity (Wildman–Crippen MR) is 80.9 cm³/mol. The molecule has 0 aromatic heterocycles. The molecular formula is C13H29BO3Si. The van der Waals surface area contributed by atoms with Crippen LogP contribution in [-0.4, -0.2) is 32.2 Å². The van der Waals surface area contributed by atoms with Crippen molar-refractivity contribution in [3.63, 3.8) is 0 Å². The molecule has 0 aromatic rings. The molecular weight excluding hydrogens is 243 g/mol. The third-order valence-corrected chi connectivity index (χ3v) is 9.87. The molecule has 5 heteroatoms. The first-order valence-corrected chi connectivity index (χ1v) is 8.97. The Kier molecular flexibility index (Phi) is 7.44. The second-order valence-electron chi connectivity index (χ2n) is 5.92. The van der Waals surface area contributed by atoms with E-state index in [9.17, 15) is 5.02 Å². The normalized spacial score (nSPS) is 13.9. The minimum Gasteiger partial charge on any atom is -0.449 e. The number of allylic oxidation sites excluding steroid dienone is 1. The van der Waals surface area contributed by atoms with E-state index < -0.39 is 15.4 Å². The Bertz CT molecular complexity index is 256. The van der Waals surface area contributed by atoms with Crippen LogP contribution in [0, 0.1) is 0 Å². The van der Waals surface area contributed by atoms with Crippen molar-refractivity contribution < 1.29 is 14.5 Å². The van der Waals surface area contributed by atoms with Crippen LogP contribution < -0.4 is 0 Å². The largest absolute Gasteiger partial charge is 0.475 e. The number of aliphatic hydroxyl groups is 1. The molecule has 0 unspecified atom stereocenters. The smallest absolute Gasteiger partial charge is 0.449 e. The molecule has 0 saturated heterocycles. The highest BCUT2D eigenvalue weighted by molar-refractivity contribution is 6.83. The van der Waals surface area contributed by atoms with E-state index in [0.29, 0.717) is 22.1 Å².